The molecule has 0 radical (unpaired) electrons. The van der Waals surface area contributed by atoms with Crippen molar-refractivity contribution in [3.63, 3.8) is 0 Å². The van der Waals surface area contributed by atoms with Gasteiger partial charge in [0.2, 0.25) is 0 Å². The van der Waals surface area contributed by atoms with Gasteiger partial charge in [0, 0.05) is 8.95 Å². The van der Waals surface area contributed by atoms with Crippen LogP contribution >= 0.6 is 31.9 Å². The highest BCUT2D eigenvalue weighted by Gasteiger charge is 2.27. The zero-order chi connectivity index (χ0) is 21.7. The number of hydrogen-bond acceptors (Lipinski definition) is 4. The fraction of sp³-hybridized carbons (Fsp3) is 0.167. The Labute approximate surface area is 192 Å². The topological polar surface area (TPSA) is 52.6 Å². The van der Waals surface area contributed by atoms with Gasteiger partial charge in [0.1, 0.15) is 0 Å². The van der Waals surface area contributed by atoms with E-state index in [2.05, 4.69) is 31.9 Å². The highest BCUT2D eigenvalue weighted by molar-refractivity contribution is 9.10. The quantitative estimate of drug-likeness (QED) is 0.325. The molecule has 0 aliphatic carbocycles. The molecule has 3 rings (SSSR count). The van der Waals surface area contributed by atoms with E-state index in [1.807, 2.05) is 60.7 Å². The second-order valence-corrected chi connectivity index (χ2v) is 8.20. The third-order valence-electron chi connectivity index (χ3n) is 4.47. The van der Waals surface area contributed by atoms with Crippen LogP contribution < -0.4 is 0 Å². The van der Waals surface area contributed by atoms with E-state index >= 15 is 0 Å². The largest absolute Gasteiger partial charge is 0.462 e. The predicted molar refractivity (Wildman–Crippen MR) is 125 cm³/mol. The number of hydrogen-bond donors (Lipinski definition) is 0. The molecule has 0 saturated carbocycles. The van der Waals surface area contributed by atoms with Crippen molar-refractivity contribution in [2.45, 2.75) is 13.8 Å². The summed E-state index contributed by atoms with van der Waals surface area (Å²) in [6.07, 6.45) is 0. The monoisotopic (exact) mass is 530 g/mol. The summed E-state index contributed by atoms with van der Waals surface area (Å²) < 4.78 is 12.5. The van der Waals surface area contributed by atoms with Crippen LogP contribution in [0.5, 0.6) is 0 Å². The van der Waals surface area contributed by atoms with E-state index in [1.165, 1.54) is 0 Å². The standard InChI is InChI=1S/C24H20Br2O4/c1-3-29-23(27)21-19(15-5-9-17(25)10-6-15)13-14-20(22(21)24(28)30-4-2)16-7-11-18(26)12-8-16/h5-14H,3-4H2,1-2H3. The summed E-state index contributed by atoms with van der Waals surface area (Å²) in [5, 5.41) is 0. The minimum Gasteiger partial charge on any atom is -0.462 e. The second kappa shape index (κ2) is 10.0. The van der Waals surface area contributed by atoms with Crippen molar-refractivity contribution < 1.29 is 19.1 Å². The number of carbonyl (C=O) groups excluding carboxylic acids is 2. The van der Waals surface area contributed by atoms with Gasteiger partial charge in [-0.25, -0.2) is 9.59 Å². The van der Waals surface area contributed by atoms with Crippen molar-refractivity contribution in [1.82, 2.24) is 0 Å². The Hall–Kier alpha value is -2.44. The van der Waals surface area contributed by atoms with E-state index in [1.54, 1.807) is 13.8 Å². The van der Waals surface area contributed by atoms with Crippen LogP contribution in [0.2, 0.25) is 0 Å². The maximum atomic E-state index is 13.0. The van der Waals surface area contributed by atoms with Gasteiger partial charge in [-0.15, -0.1) is 0 Å². The Morgan fingerprint density at radius 3 is 1.27 bits per heavy atom. The maximum absolute atomic E-state index is 13.0. The Morgan fingerprint density at radius 1 is 0.633 bits per heavy atom. The molecule has 154 valence electrons. The summed E-state index contributed by atoms with van der Waals surface area (Å²) in [7, 11) is 0. The summed E-state index contributed by atoms with van der Waals surface area (Å²) in [4.78, 5) is 26.1. The molecular formula is C24H20Br2O4. The van der Waals surface area contributed by atoms with Gasteiger partial charge in [-0.1, -0.05) is 68.3 Å². The molecule has 0 saturated heterocycles. The number of rotatable bonds is 6. The molecular weight excluding hydrogens is 512 g/mol. The minimum absolute atomic E-state index is 0.198. The summed E-state index contributed by atoms with van der Waals surface area (Å²) in [5.41, 5.74) is 3.24. The first-order valence-electron chi connectivity index (χ1n) is 9.49. The number of benzene rings is 3. The van der Waals surface area contributed by atoms with Gasteiger partial charge in [0.25, 0.3) is 0 Å². The molecule has 0 unspecified atom stereocenters. The van der Waals surface area contributed by atoms with Crippen molar-refractivity contribution >= 4 is 43.8 Å². The molecule has 0 atom stereocenters. The van der Waals surface area contributed by atoms with Crippen LogP contribution in [-0.2, 0) is 9.47 Å². The van der Waals surface area contributed by atoms with Gasteiger partial charge in [-0.05, 0) is 60.4 Å². The van der Waals surface area contributed by atoms with Crippen molar-refractivity contribution in [3.05, 3.63) is 80.7 Å². The molecule has 3 aromatic rings. The number of ether oxygens (including phenoxy) is 2. The summed E-state index contributed by atoms with van der Waals surface area (Å²) in [5.74, 6) is -1.12. The zero-order valence-electron chi connectivity index (χ0n) is 16.6. The summed E-state index contributed by atoms with van der Waals surface area (Å²) in [6, 6.07) is 18.8. The lowest BCUT2D eigenvalue weighted by atomic mass is 9.89. The number of esters is 2. The number of halogens is 2. The Balaban J connectivity index is 2.33. The Morgan fingerprint density at radius 2 is 0.967 bits per heavy atom. The van der Waals surface area contributed by atoms with E-state index in [4.69, 9.17) is 9.47 Å². The van der Waals surface area contributed by atoms with Crippen molar-refractivity contribution in [3.8, 4) is 22.3 Å². The minimum atomic E-state index is -0.558. The first-order valence-corrected chi connectivity index (χ1v) is 11.1. The molecule has 0 heterocycles. The lowest BCUT2D eigenvalue weighted by Crippen LogP contribution is -2.17. The van der Waals surface area contributed by atoms with E-state index in [0.29, 0.717) is 11.1 Å². The number of carbonyl (C=O) groups is 2. The van der Waals surface area contributed by atoms with E-state index in [0.717, 1.165) is 20.1 Å². The van der Waals surface area contributed by atoms with Gasteiger partial charge in [-0.3, -0.25) is 0 Å². The summed E-state index contributed by atoms with van der Waals surface area (Å²) >= 11 is 6.85. The van der Waals surface area contributed by atoms with Crippen LogP contribution in [0.1, 0.15) is 34.6 Å². The third-order valence-corrected chi connectivity index (χ3v) is 5.53. The van der Waals surface area contributed by atoms with Gasteiger partial charge in [0.05, 0.1) is 24.3 Å². The molecule has 0 bridgehead atoms. The predicted octanol–water partition coefficient (Wildman–Crippen LogP) is 6.90. The van der Waals surface area contributed by atoms with E-state index in [9.17, 15) is 9.59 Å². The lowest BCUT2D eigenvalue weighted by Gasteiger charge is -2.18. The molecule has 0 aromatic heterocycles. The van der Waals surface area contributed by atoms with E-state index < -0.39 is 11.9 Å². The van der Waals surface area contributed by atoms with Crippen molar-refractivity contribution in [2.75, 3.05) is 13.2 Å². The molecule has 30 heavy (non-hydrogen) atoms. The van der Waals surface area contributed by atoms with E-state index in [-0.39, 0.29) is 24.3 Å². The first kappa shape index (κ1) is 22.2. The molecule has 0 spiro atoms. The van der Waals surface area contributed by atoms with Crippen LogP contribution in [0, 0.1) is 0 Å². The molecule has 0 aliphatic rings. The molecule has 0 aliphatic heterocycles. The molecule has 0 amide bonds. The van der Waals surface area contributed by atoms with Crippen LogP contribution in [0.25, 0.3) is 22.3 Å². The third kappa shape index (κ3) is 4.82. The van der Waals surface area contributed by atoms with Crippen LogP contribution in [0.15, 0.2) is 69.6 Å². The average Bonchev–Trinajstić information content (AvgIpc) is 2.74. The SMILES string of the molecule is CCOC(=O)c1c(-c2ccc(Br)cc2)ccc(-c2ccc(Br)cc2)c1C(=O)OCC. The second-order valence-electron chi connectivity index (χ2n) is 6.37. The van der Waals surface area contributed by atoms with Crippen molar-refractivity contribution in [1.29, 1.82) is 0 Å². The van der Waals surface area contributed by atoms with Crippen LogP contribution in [-0.4, -0.2) is 25.2 Å². The average molecular weight is 532 g/mol. The Kier molecular flexibility index (Phi) is 7.45. The molecule has 3 aromatic carbocycles. The van der Waals surface area contributed by atoms with Gasteiger partial charge >= 0.3 is 11.9 Å². The fourth-order valence-electron chi connectivity index (χ4n) is 3.17. The smallest absolute Gasteiger partial charge is 0.339 e. The van der Waals surface area contributed by atoms with Crippen LogP contribution in [0.4, 0.5) is 0 Å². The zero-order valence-corrected chi connectivity index (χ0v) is 19.7. The maximum Gasteiger partial charge on any atom is 0.339 e. The van der Waals surface area contributed by atoms with Gasteiger partial charge in [-0.2, -0.15) is 0 Å². The highest BCUT2D eigenvalue weighted by Crippen LogP contribution is 2.35. The van der Waals surface area contributed by atoms with Crippen molar-refractivity contribution in [2.24, 2.45) is 0 Å². The highest BCUT2D eigenvalue weighted by atomic mass is 79.9. The molecule has 4 nitrogen and oxygen atoms in total. The lowest BCUT2D eigenvalue weighted by molar-refractivity contribution is 0.0480. The molecule has 0 fully saturated rings. The van der Waals surface area contributed by atoms with Crippen LogP contribution in [0.3, 0.4) is 0 Å². The molecule has 0 N–H and O–H groups in total. The Bertz CT molecular complexity index is 971. The van der Waals surface area contributed by atoms with Gasteiger partial charge < -0.3 is 9.47 Å². The summed E-state index contributed by atoms with van der Waals surface area (Å²) in [6.45, 7) is 3.87. The first-order chi connectivity index (χ1) is 14.5. The normalized spacial score (nSPS) is 10.5. The van der Waals surface area contributed by atoms with Gasteiger partial charge in [0.15, 0.2) is 0 Å². The fourth-order valence-corrected chi connectivity index (χ4v) is 3.70. The molecule has 6 heteroatoms.